The molecule has 0 saturated heterocycles. The normalized spacial score (nSPS) is 15.1. The second-order valence-electron chi connectivity index (χ2n) is 5.53. The molecule has 0 aliphatic heterocycles. The quantitative estimate of drug-likeness (QED) is 0.765. The molecule has 1 amide bonds. The minimum atomic E-state index is -0.991. The zero-order valence-corrected chi connectivity index (χ0v) is 13.2. The fraction of sp³-hybridized carbons (Fsp3) is 0.562. The van der Waals surface area contributed by atoms with E-state index in [9.17, 15) is 9.90 Å². The Kier molecular flexibility index (Phi) is 6.65. The minimum absolute atomic E-state index is 0.163. The van der Waals surface area contributed by atoms with E-state index in [4.69, 9.17) is 9.47 Å². The average Bonchev–Trinajstić information content (AvgIpc) is 2.42. The van der Waals surface area contributed by atoms with E-state index in [-0.39, 0.29) is 12.5 Å². The van der Waals surface area contributed by atoms with Crippen LogP contribution in [0.2, 0.25) is 0 Å². The molecule has 2 unspecified atom stereocenters. The number of methoxy groups -OCH3 is 1. The van der Waals surface area contributed by atoms with Crippen LogP contribution < -0.4 is 10.1 Å². The number of benzene rings is 1. The Balaban J connectivity index is 2.44. The van der Waals surface area contributed by atoms with Crippen molar-refractivity contribution in [1.29, 1.82) is 0 Å². The van der Waals surface area contributed by atoms with Gasteiger partial charge in [-0.2, -0.15) is 0 Å². The van der Waals surface area contributed by atoms with Crippen LogP contribution in [0.15, 0.2) is 24.3 Å². The lowest BCUT2D eigenvalue weighted by molar-refractivity contribution is -0.128. The summed E-state index contributed by atoms with van der Waals surface area (Å²) in [7, 11) is 1.58. The van der Waals surface area contributed by atoms with Crippen molar-refractivity contribution in [2.75, 3.05) is 20.3 Å². The molecule has 0 aliphatic rings. The third-order valence-corrected chi connectivity index (χ3v) is 3.16. The van der Waals surface area contributed by atoms with Crippen LogP contribution in [0.25, 0.3) is 0 Å². The molecule has 0 fully saturated rings. The summed E-state index contributed by atoms with van der Waals surface area (Å²) < 4.78 is 10.5. The van der Waals surface area contributed by atoms with Crippen LogP contribution in [0, 0.1) is 6.92 Å². The smallest absolute Gasteiger partial charge is 0.260 e. The van der Waals surface area contributed by atoms with Crippen LogP contribution in [0.1, 0.15) is 25.8 Å². The third kappa shape index (κ3) is 6.60. The number of aryl methyl sites for hydroxylation is 1. The second-order valence-corrected chi connectivity index (χ2v) is 5.53. The largest absolute Gasteiger partial charge is 0.481 e. The molecule has 0 heterocycles. The molecule has 0 aromatic heterocycles. The van der Waals surface area contributed by atoms with Gasteiger partial charge in [0.1, 0.15) is 5.75 Å². The summed E-state index contributed by atoms with van der Waals surface area (Å²) in [6.07, 6.45) is -0.165. The molecule has 0 radical (unpaired) electrons. The van der Waals surface area contributed by atoms with Gasteiger partial charge in [0.05, 0.1) is 5.60 Å². The van der Waals surface area contributed by atoms with E-state index in [0.717, 1.165) is 5.56 Å². The van der Waals surface area contributed by atoms with E-state index in [0.29, 0.717) is 18.8 Å². The van der Waals surface area contributed by atoms with Crippen LogP contribution in [0.5, 0.6) is 5.75 Å². The maximum atomic E-state index is 12.0. The van der Waals surface area contributed by atoms with Gasteiger partial charge in [0.15, 0.2) is 6.10 Å². The van der Waals surface area contributed by atoms with Crippen molar-refractivity contribution in [3.05, 3.63) is 29.8 Å². The topological polar surface area (TPSA) is 67.8 Å². The number of rotatable bonds is 8. The maximum absolute atomic E-state index is 12.0. The molecule has 1 aromatic rings. The number of aliphatic hydroxyl groups is 1. The Labute approximate surface area is 126 Å². The minimum Gasteiger partial charge on any atom is -0.481 e. The lowest BCUT2D eigenvalue weighted by Crippen LogP contribution is -2.45. The maximum Gasteiger partial charge on any atom is 0.260 e. The summed E-state index contributed by atoms with van der Waals surface area (Å²) >= 11 is 0. The molecule has 0 spiro atoms. The van der Waals surface area contributed by atoms with Gasteiger partial charge in [0.25, 0.3) is 5.91 Å². The van der Waals surface area contributed by atoms with E-state index >= 15 is 0 Å². The first-order valence-corrected chi connectivity index (χ1v) is 7.06. The van der Waals surface area contributed by atoms with Gasteiger partial charge in [-0.15, -0.1) is 0 Å². The predicted octanol–water partition coefficient (Wildman–Crippen LogP) is 1.67. The summed E-state index contributed by atoms with van der Waals surface area (Å²) in [4.78, 5) is 12.0. The Morgan fingerprint density at radius 2 is 2.19 bits per heavy atom. The number of hydrogen-bond acceptors (Lipinski definition) is 4. The highest BCUT2D eigenvalue weighted by molar-refractivity contribution is 5.80. The van der Waals surface area contributed by atoms with Crippen LogP contribution in [0.4, 0.5) is 0 Å². The first-order valence-electron chi connectivity index (χ1n) is 7.06. The lowest BCUT2D eigenvalue weighted by atomic mass is 10.0. The van der Waals surface area contributed by atoms with Gasteiger partial charge in [0.2, 0.25) is 0 Å². The van der Waals surface area contributed by atoms with E-state index in [1.54, 1.807) is 21.0 Å². The van der Waals surface area contributed by atoms with Crippen molar-refractivity contribution in [2.24, 2.45) is 0 Å². The van der Waals surface area contributed by atoms with Crippen LogP contribution in [-0.4, -0.2) is 43.0 Å². The monoisotopic (exact) mass is 295 g/mol. The molecule has 1 rings (SSSR count). The van der Waals surface area contributed by atoms with E-state index in [1.807, 2.05) is 31.2 Å². The SMILES string of the molecule is COCCC(C)(O)CNC(=O)C(C)Oc1cccc(C)c1. The molecule has 118 valence electrons. The number of nitrogens with one attached hydrogen (secondary N) is 1. The molecule has 5 heteroatoms. The highest BCUT2D eigenvalue weighted by Crippen LogP contribution is 2.14. The highest BCUT2D eigenvalue weighted by Gasteiger charge is 2.23. The number of carbonyl (C=O) groups excluding carboxylic acids is 1. The number of hydrogen-bond donors (Lipinski definition) is 2. The van der Waals surface area contributed by atoms with Gasteiger partial charge >= 0.3 is 0 Å². The van der Waals surface area contributed by atoms with Crippen LogP contribution >= 0.6 is 0 Å². The number of amides is 1. The standard InChI is InChI=1S/C16H25NO4/c1-12-6-5-7-14(10-12)21-13(2)15(18)17-11-16(3,19)8-9-20-4/h5-7,10,13,19H,8-9,11H2,1-4H3,(H,17,18). The lowest BCUT2D eigenvalue weighted by Gasteiger charge is -2.24. The van der Waals surface area contributed by atoms with Gasteiger partial charge in [-0.05, 0) is 38.5 Å². The summed E-state index contributed by atoms with van der Waals surface area (Å²) in [5.74, 6) is 0.401. The average molecular weight is 295 g/mol. The van der Waals surface area contributed by atoms with Crippen molar-refractivity contribution >= 4 is 5.91 Å². The fourth-order valence-corrected chi connectivity index (χ4v) is 1.78. The summed E-state index contributed by atoms with van der Waals surface area (Å²) in [5.41, 5.74) is 0.0805. The number of carbonyl (C=O) groups is 1. The molecule has 1 aromatic carbocycles. The van der Waals surface area contributed by atoms with Gasteiger partial charge in [0, 0.05) is 26.7 Å². The molecule has 0 bridgehead atoms. The third-order valence-electron chi connectivity index (χ3n) is 3.16. The molecule has 2 atom stereocenters. The zero-order valence-electron chi connectivity index (χ0n) is 13.2. The first-order chi connectivity index (χ1) is 9.84. The van der Waals surface area contributed by atoms with E-state index < -0.39 is 11.7 Å². The molecule has 5 nitrogen and oxygen atoms in total. The van der Waals surface area contributed by atoms with Crippen molar-refractivity contribution in [2.45, 2.75) is 38.9 Å². The molecular formula is C16H25NO4. The van der Waals surface area contributed by atoms with Gasteiger partial charge in [-0.3, -0.25) is 4.79 Å². The fourth-order valence-electron chi connectivity index (χ4n) is 1.78. The number of ether oxygens (including phenoxy) is 2. The van der Waals surface area contributed by atoms with E-state index in [2.05, 4.69) is 5.32 Å². The summed E-state index contributed by atoms with van der Waals surface area (Å²) in [6, 6.07) is 7.53. The second kappa shape index (κ2) is 8.00. The Bertz CT molecular complexity index is 459. The highest BCUT2D eigenvalue weighted by atomic mass is 16.5. The first kappa shape index (κ1) is 17.5. The van der Waals surface area contributed by atoms with Gasteiger partial charge in [-0.1, -0.05) is 12.1 Å². The van der Waals surface area contributed by atoms with Crippen molar-refractivity contribution in [3.8, 4) is 5.75 Å². The van der Waals surface area contributed by atoms with E-state index in [1.165, 1.54) is 0 Å². The molecule has 2 N–H and O–H groups in total. The van der Waals surface area contributed by atoms with Crippen molar-refractivity contribution in [1.82, 2.24) is 5.32 Å². The molecule has 0 aliphatic carbocycles. The summed E-state index contributed by atoms with van der Waals surface area (Å²) in [6.45, 7) is 5.92. The Morgan fingerprint density at radius 3 is 2.81 bits per heavy atom. The predicted molar refractivity (Wildman–Crippen MR) is 81.4 cm³/mol. The summed E-state index contributed by atoms with van der Waals surface area (Å²) in [5, 5.41) is 12.8. The molecular weight excluding hydrogens is 270 g/mol. The van der Waals surface area contributed by atoms with Gasteiger partial charge in [-0.25, -0.2) is 0 Å². The van der Waals surface area contributed by atoms with Crippen LogP contribution in [-0.2, 0) is 9.53 Å². The van der Waals surface area contributed by atoms with Gasteiger partial charge < -0.3 is 19.9 Å². The van der Waals surface area contributed by atoms with Crippen molar-refractivity contribution in [3.63, 3.8) is 0 Å². The molecule has 21 heavy (non-hydrogen) atoms. The molecule has 0 saturated carbocycles. The Hall–Kier alpha value is -1.59. The van der Waals surface area contributed by atoms with Crippen molar-refractivity contribution < 1.29 is 19.4 Å². The Morgan fingerprint density at radius 1 is 1.48 bits per heavy atom. The zero-order chi connectivity index (χ0) is 15.9. The van der Waals surface area contributed by atoms with Crippen LogP contribution in [0.3, 0.4) is 0 Å².